The quantitative estimate of drug-likeness (QED) is 0.511. The zero-order valence-corrected chi connectivity index (χ0v) is 18.9. The normalized spacial score (nSPS) is 11.7. The summed E-state index contributed by atoms with van der Waals surface area (Å²) in [5.74, 6) is 0.249. The molecule has 3 heterocycles. The standard InChI is InChI=1S/C23H25N5O2S/c1-5-16-11-17-21(31-16)24-14-27(22(17)30)13-20(29)25-19-12-18(23(2,3)4)26-28(19)15-9-7-6-8-10-15/h6-12,14H,5,13H2,1-4H3,(H,25,29). The predicted molar refractivity (Wildman–Crippen MR) is 124 cm³/mol. The van der Waals surface area contributed by atoms with E-state index in [-0.39, 0.29) is 23.4 Å². The Hall–Kier alpha value is -3.26. The molecule has 3 aromatic heterocycles. The third kappa shape index (κ3) is 4.29. The number of amides is 1. The van der Waals surface area contributed by atoms with E-state index in [1.807, 2.05) is 49.4 Å². The van der Waals surface area contributed by atoms with Gasteiger partial charge in [-0.1, -0.05) is 45.9 Å². The first-order chi connectivity index (χ1) is 14.8. The number of benzene rings is 1. The number of aryl methyl sites for hydroxylation is 1. The number of aromatic nitrogens is 4. The lowest BCUT2D eigenvalue weighted by Crippen LogP contribution is -2.28. The van der Waals surface area contributed by atoms with Crippen LogP contribution >= 0.6 is 11.3 Å². The van der Waals surface area contributed by atoms with Gasteiger partial charge < -0.3 is 5.32 Å². The molecule has 0 fully saturated rings. The van der Waals surface area contributed by atoms with E-state index in [1.54, 1.807) is 4.68 Å². The maximum Gasteiger partial charge on any atom is 0.262 e. The number of rotatable bonds is 5. The number of para-hydroxylation sites is 1. The maximum atomic E-state index is 12.8. The van der Waals surface area contributed by atoms with Crippen molar-refractivity contribution in [2.24, 2.45) is 0 Å². The summed E-state index contributed by atoms with van der Waals surface area (Å²) in [7, 11) is 0. The molecule has 0 aliphatic rings. The van der Waals surface area contributed by atoms with Gasteiger partial charge in [-0.15, -0.1) is 11.3 Å². The van der Waals surface area contributed by atoms with Gasteiger partial charge in [0.1, 0.15) is 17.2 Å². The van der Waals surface area contributed by atoms with Gasteiger partial charge in [-0.2, -0.15) is 5.10 Å². The van der Waals surface area contributed by atoms with E-state index in [4.69, 9.17) is 5.10 Å². The third-order valence-corrected chi connectivity index (χ3v) is 6.16. The van der Waals surface area contributed by atoms with Crippen molar-refractivity contribution in [2.45, 2.75) is 46.1 Å². The van der Waals surface area contributed by atoms with Crippen molar-refractivity contribution in [1.29, 1.82) is 0 Å². The summed E-state index contributed by atoms with van der Waals surface area (Å²) in [5, 5.41) is 8.18. The van der Waals surface area contributed by atoms with Gasteiger partial charge in [0.05, 0.1) is 23.1 Å². The smallest absolute Gasteiger partial charge is 0.262 e. The Labute approximate surface area is 184 Å². The highest BCUT2D eigenvalue weighted by Crippen LogP contribution is 2.26. The number of nitrogens with one attached hydrogen (secondary N) is 1. The monoisotopic (exact) mass is 435 g/mol. The average Bonchev–Trinajstić information content (AvgIpc) is 3.35. The van der Waals surface area contributed by atoms with E-state index in [2.05, 4.69) is 31.1 Å². The molecule has 1 N–H and O–H groups in total. The molecule has 8 heteroatoms. The number of hydrogen-bond donors (Lipinski definition) is 1. The Morgan fingerprint density at radius 2 is 1.90 bits per heavy atom. The van der Waals surface area contributed by atoms with E-state index in [0.29, 0.717) is 16.0 Å². The number of thiophene rings is 1. The van der Waals surface area contributed by atoms with Crippen LogP contribution in [0, 0.1) is 0 Å². The Bertz CT molecular complexity index is 1300. The summed E-state index contributed by atoms with van der Waals surface area (Å²) in [6.45, 7) is 8.13. The molecular weight excluding hydrogens is 410 g/mol. The molecule has 0 spiro atoms. The Balaban J connectivity index is 1.63. The highest BCUT2D eigenvalue weighted by atomic mass is 32.1. The van der Waals surface area contributed by atoms with Crippen LogP contribution in [0.1, 0.15) is 38.3 Å². The zero-order chi connectivity index (χ0) is 22.2. The molecule has 160 valence electrons. The number of hydrogen-bond acceptors (Lipinski definition) is 5. The minimum atomic E-state index is -0.313. The molecule has 0 atom stereocenters. The van der Waals surface area contributed by atoms with E-state index < -0.39 is 0 Å². The van der Waals surface area contributed by atoms with Crippen LogP contribution in [0.15, 0.2) is 53.6 Å². The predicted octanol–water partition coefficient (Wildman–Crippen LogP) is 4.14. The first-order valence-corrected chi connectivity index (χ1v) is 11.0. The fourth-order valence-electron chi connectivity index (χ4n) is 3.24. The lowest BCUT2D eigenvalue weighted by atomic mass is 9.92. The number of anilines is 1. The van der Waals surface area contributed by atoms with Gasteiger partial charge in [-0.05, 0) is 24.6 Å². The number of carbonyl (C=O) groups is 1. The molecule has 0 unspecified atom stereocenters. The molecule has 7 nitrogen and oxygen atoms in total. The van der Waals surface area contributed by atoms with Crippen molar-refractivity contribution in [3.8, 4) is 5.69 Å². The largest absolute Gasteiger partial charge is 0.309 e. The van der Waals surface area contributed by atoms with Crippen LogP contribution < -0.4 is 10.9 Å². The SMILES string of the molecule is CCc1cc2c(=O)n(CC(=O)Nc3cc(C(C)(C)C)nn3-c3ccccc3)cnc2s1. The molecule has 0 radical (unpaired) electrons. The van der Waals surface area contributed by atoms with Crippen LogP contribution in [-0.2, 0) is 23.2 Å². The van der Waals surface area contributed by atoms with Gasteiger partial charge >= 0.3 is 0 Å². The maximum absolute atomic E-state index is 12.8. The topological polar surface area (TPSA) is 81.8 Å². The molecular formula is C23H25N5O2S. The van der Waals surface area contributed by atoms with Crippen molar-refractivity contribution in [3.63, 3.8) is 0 Å². The minimum absolute atomic E-state index is 0.121. The van der Waals surface area contributed by atoms with Crippen LogP contribution in [0.3, 0.4) is 0 Å². The van der Waals surface area contributed by atoms with Gasteiger partial charge in [0.2, 0.25) is 5.91 Å². The minimum Gasteiger partial charge on any atom is -0.309 e. The van der Waals surface area contributed by atoms with Gasteiger partial charge in [0, 0.05) is 16.4 Å². The summed E-state index contributed by atoms with van der Waals surface area (Å²) in [4.78, 5) is 31.8. The first kappa shape index (κ1) is 21.0. The number of nitrogens with zero attached hydrogens (tertiary/aromatic N) is 4. The van der Waals surface area contributed by atoms with Gasteiger partial charge in [-0.3, -0.25) is 14.2 Å². The second-order valence-corrected chi connectivity index (χ2v) is 9.54. The Kier molecular flexibility index (Phi) is 5.49. The molecule has 0 aliphatic carbocycles. The lowest BCUT2D eigenvalue weighted by molar-refractivity contribution is -0.116. The van der Waals surface area contributed by atoms with E-state index in [0.717, 1.165) is 22.7 Å². The average molecular weight is 436 g/mol. The van der Waals surface area contributed by atoms with Crippen molar-refractivity contribution in [3.05, 3.63) is 69.7 Å². The summed E-state index contributed by atoms with van der Waals surface area (Å²) in [6.07, 6.45) is 2.29. The van der Waals surface area contributed by atoms with Crippen LogP contribution in [-0.4, -0.2) is 25.2 Å². The Morgan fingerprint density at radius 1 is 1.16 bits per heavy atom. The van der Waals surface area contributed by atoms with Crippen molar-refractivity contribution >= 4 is 33.3 Å². The number of fused-ring (bicyclic) bond motifs is 1. The summed E-state index contributed by atoms with van der Waals surface area (Å²) in [6, 6.07) is 13.4. The van der Waals surface area contributed by atoms with E-state index in [9.17, 15) is 9.59 Å². The van der Waals surface area contributed by atoms with Gasteiger partial charge in [0.15, 0.2) is 0 Å². The molecule has 1 amide bonds. The van der Waals surface area contributed by atoms with Crippen LogP contribution in [0.25, 0.3) is 15.9 Å². The molecule has 0 saturated carbocycles. The van der Waals surface area contributed by atoms with Crippen molar-refractivity contribution in [2.75, 3.05) is 5.32 Å². The highest BCUT2D eigenvalue weighted by molar-refractivity contribution is 7.18. The van der Waals surface area contributed by atoms with Gasteiger partial charge in [0.25, 0.3) is 5.56 Å². The van der Waals surface area contributed by atoms with E-state index in [1.165, 1.54) is 22.2 Å². The molecule has 4 rings (SSSR count). The van der Waals surface area contributed by atoms with Crippen LogP contribution in [0.5, 0.6) is 0 Å². The molecule has 4 aromatic rings. The Morgan fingerprint density at radius 3 is 2.58 bits per heavy atom. The molecule has 31 heavy (non-hydrogen) atoms. The van der Waals surface area contributed by atoms with E-state index >= 15 is 0 Å². The van der Waals surface area contributed by atoms with Crippen molar-refractivity contribution in [1.82, 2.24) is 19.3 Å². The molecule has 0 aliphatic heterocycles. The fraction of sp³-hybridized carbons (Fsp3) is 0.304. The zero-order valence-electron chi connectivity index (χ0n) is 18.0. The first-order valence-electron chi connectivity index (χ1n) is 10.2. The summed E-state index contributed by atoms with van der Waals surface area (Å²) in [5.41, 5.74) is 1.32. The molecule has 0 bridgehead atoms. The molecule has 0 saturated heterocycles. The summed E-state index contributed by atoms with van der Waals surface area (Å²) < 4.78 is 3.06. The second kappa shape index (κ2) is 8.11. The second-order valence-electron chi connectivity index (χ2n) is 8.42. The van der Waals surface area contributed by atoms with Gasteiger partial charge in [-0.25, -0.2) is 9.67 Å². The highest BCUT2D eigenvalue weighted by Gasteiger charge is 2.22. The summed E-state index contributed by atoms with van der Waals surface area (Å²) >= 11 is 1.51. The van der Waals surface area contributed by atoms with Crippen molar-refractivity contribution < 1.29 is 4.79 Å². The molecule has 1 aromatic carbocycles. The van der Waals surface area contributed by atoms with Crippen LogP contribution in [0.4, 0.5) is 5.82 Å². The number of carbonyl (C=O) groups excluding carboxylic acids is 1. The third-order valence-electron chi connectivity index (χ3n) is 4.98. The lowest BCUT2D eigenvalue weighted by Gasteiger charge is -2.14. The van der Waals surface area contributed by atoms with Crippen LogP contribution in [0.2, 0.25) is 0 Å². The fourth-order valence-corrected chi connectivity index (χ4v) is 4.16.